The zero-order valence-electron chi connectivity index (χ0n) is 9.13. The van der Waals surface area contributed by atoms with Crippen LogP contribution in [0.1, 0.15) is 38.5 Å². The van der Waals surface area contributed by atoms with E-state index < -0.39 is 0 Å². The fraction of sp³-hybridized carbons (Fsp3) is 0.636. The molecule has 0 amide bonds. The molecule has 0 atom stereocenters. The molecule has 1 saturated carbocycles. The van der Waals surface area contributed by atoms with Gasteiger partial charge in [-0.2, -0.15) is 5.10 Å². The smallest absolute Gasteiger partial charge is 0.280 e. The largest absolute Gasteiger partial charge is 0.380 e. The van der Waals surface area contributed by atoms with Gasteiger partial charge < -0.3 is 5.32 Å². The molecule has 0 aromatic carbocycles. The van der Waals surface area contributed by atoms with Crippen molar-refractivity contribution in [2.75, 3.05) is 5.32 Å². The standard InChI is InChI=1S/C11H16BrN3O/c12-10-9(7-13-15-11(10)16)14-8-5-3-1-2-4-6-8/h7-8H,1-6H2,(H2,14,15,16). The molecular formula is C11H16BrN3O. The number of halogens is 1. The molecule has 1 aromatic rings. The van der Waals surface area contributed by atoms with Crippen LogP contribution in [-0.2, 0) is 0 Å². The summed E-state index contributed by atoms with van der Waals surface area (Å²) in [4.78, 5) is 11.3. The third kappa shape index (κ3) is 2.84. The van der Waals surface area contributed by atoms with Crippen LogP contribution in [0.25, 0.3) is 0 Å². The van der Waals surface area contributed by atoms with Crippen LogP contribution in [0.3, 0.4) is 0 Å². The second-order valence-electron chi connectivity index (χ2n) is 4.26. The van der Waals surface area contributed by atoms with Gasteiger partial charge in [-0.15, -0.1) is 0 Å². The van der Waals surface area contributed by atoms with Crippen molar-refractivity contribution in [2.24, 2.45) is 0 Å². The van der Waals surface area contributed by atoms with Crippen molar-refractivity contribution < 1.29 is 0 Å². The first-order chi connectivity index (χ1) is 7.77. The Morgan fingerprint density at radius 1 is 1.31 bits per heavy atom. The van der Waals surface area contributed by atoms with Crippen molar-refractivity contribution in [3.05, 3.63) is 21.0 Å². The van der Waals surface area contributed by atoms with Gasteiger partial charge in [-0.05, 0) is 28.8 Å². The first kappa shape index (κ1) is 11.6. The molecule has 1 fully saturated rings. The van der Waals surface area contributed by atoms with E-state index in [1.165, 1.54) is 38.5 Å². The molecule has 0 aliphatic heterocycles. The van der Waals surface area contributed by atoms with Gasteiger partial charge in [0.25, 0.3) is 5.56 Å². The van der Waals surface area contributed by atoms with Crippen LogP contribution in [0.4, 0.5) is 5.69 Å². The number of nitrogens with zero attached hydrogens (tertiary/aromatic N) is 1. The monoisotopic (exact) mass is 285 g/mol. The fourth-order valence-corrected chi connectivity index (χ4v) is 2.43. The molecule has 0 unspecified atom stereocenters. The van der Waals surface area contributed by atoms with E-state index in [1.54, 1.807) is 6.20 Å². The van der Waals surface area contributed by atoms with Crippen molar-refractivity contribution >= 4 is 21.6 Å². The van der Waals surface area contributed by atoms with Gasteiger partial charge in [0, 0.05) is 6.04 Å². The predicted octanol–water partition coefficient (Wildman–Crippen LogP) is 2.67. The van der Waals surface area contributed by atoms with Gasteiger partial charge in [-0.1, -0.05) is 25.7 Å². The van der Waals surface area contributed by atoms with E-state index >= 15 is 0 Å². The Balaban J connectivity index is 2.07. The van der Waals surface area contributed by atoms with Crippen molar-refractivity contribution in [1.82, 2.24) is 10.2 Å². The third-order valence-electron chi connectivity index (χ3n) is 3.01. The summed E-state index contributed by atoms with van der Waals surface area (Å²) < 4.78 is 0.548. The minimum absolute atomic E-state index is 0.182. The Bertz CT molecular complexity index is 396. The fourth-order valence-electron chi connectivity index (χ4n) is 2.13. The van der Waals surface area contributed by atoms with Gasteiger partial charge in [0.1, 0.15) is 4.47 Å². The highest BCUT2D eigenvalue weighted by Gasteiger charge is 2.14. The summed E-state index contributed by atoms with van der Waals surface area (Å²) in [5.41, 5.74) is 0.620. The second kappa shape index (κ2) is 5.48. The first-order valence-corrected chi connectivity index (χ1v) is 6.56. The van der Waals surface area contributed by atoms with Crippen molar-refractivity contribution in [2.45, 2.75) is 44.6 Å². The first-order valence-electron chi connectivity index (χ1n) is 5.77. The normalized spacial score (nSPS) is 18.1. The van der Waals surface area contributed by atoms with Gasteiger partial charge in [0.05, 0.1) is 11.9 Å². The van der Waals surface area contributed by atoms with Crippen LogP contribution in [0.15, 0.2) is 15.5 Å². The number of H-pyrrole nitrogens is 1. The average molecular weight is 286 g/mol. The summed E-state index contributed by atoms with van der Waals surface area (Å²) in [6.45, 7) is 0. The number of nitrogens with one attached hydrogen (secondary N) is 2. The predicted molar refractivity (Wildman–Crippen MR) is 67.7 cm³/mol. The van der Waals surface area contributed by atoms with E-state index in [0.717, 1.165) is 5.69 Å². The van der Waals surface area contributed by atoms with E-state index in [4.69, 9.17) is 0 Å². The lowest BCUT2D eigenvalue weighted by atomic mass is 10.1. The molecule has 88 valence electrons. The number of hydrogen-bond acceptors (Lipinski definition) is 3. The Morgan fingerprint density at radius 3 is 2.69 bits per heavy atom. The quantitative estimate of drug-likeness (QED) is 0.822. The van der Waals surface area contributed by atoms with Gasteiger partial charge in [-0.3, -0.25) is 4.79 Å². The minimum Gasteiger partial charge on any atom is -0.380 e. The van der Waals surface area contributed by atoms with E-state index in [9.17, 15) is 4.79 Å². The molecule has 5 heteroatoms. The molecule has 1 aliphatic carbocycles. The van der Waals surface area contributed by atoms with Crippen LogP contribution in [-0.4, -0.2) is 16.2 Å². The Hall–Kier alpha value is -0.840. The number of aromatic amines is 1. The molecule has 2 rings (SSSR count). The van der Waals surface area contributed by atoms with Crippen molar-refractivity contribution in [3.63, 3.8) is 0 Å². The molecule has 1 heterocycles. The summed E-state index contributed by atoms with van der Waals surface area (Å²) >= 11 is 3.28. The highest BCUT2D eigenvalue weighted by molar-refractivity contribution is 9.10. The molecule has 0 spiro atoms. The Labute approximate surface area is 103 Å². The highest BCUT2D eigenvalue weighted by Crippen LogP contribution is 2.23. The topological polar surface area (TPSA) is 57.8 Å². The van der Waals surface area contributed by atoms with Gasteiger partial charge in [-0.25, -0.2) is 5.10 Å². The molecule has 1 aliphatic rings. The van der Waals surface area contributed by atoms with Crippen molar-refractivity contribution in [3.8, 4) is 0 Å². The van der Waals surface area contributed by atoms with E-state index in [1.807, 2.05) is 0 Å². The molecule has 0 saturated heterocycles. The Morgan fingerprint density at radius 2 is 2.00 bits per heavy atom. The maximum atomic E-state index is 11.3. The molecule has 1 aromatic heterocycles. The maximum absolute atomic E-state index is 11.3. The summed E-state index contributed by atoms with van der Waals surface area (Å²) in [6.07, 6.45) is 9.21. The number of hydrogen-bond donors (Lipinski definition) is 2. The molecule has 0 radical (unpaired) electrons. The lowest BCUT2D eigenvalue weighted by Gasteiger charge is -2.17. The molecular weight excluding hydrogens is 270 g/mol. The average Bonchev–Trinajstić information content (AvgIpc) is 2.53. The van der Waals surface area contributed by atoms with E-state index in [0.29, 0.717) is 10.5 Å². The van der Waals surface area contributed by atoms with Gasteiger partial charge >= 0.3 is 0 Å². The second-order valence-corrected chi connectivity index (χ2v) is 5.05. The van der Waals surface area contributed by atoms with Crippen LogP contribution < -0.4 is 10.9 Å². The summed E-state index contributed by atoms with van der Waals surface area (Å²) in [5, 5.41) is 9.60. The number of anilines is 1. The van der Waals surface area contributed by atoms with E-state index in [2.05, 4.69) is 31.4 Å². The molecule has 2 N–H and O–H groups in total. The van der Waals surface area contributed by atoms with Crippen LogP contribution in [0.5, 0.6) is 0 Å². The molecule has 16 heavy (non-hydrogen) atoms. The summed E-state index contributed by atoms with van der Waals surface area (Å²) in [7, 11) is 0. The maximum Gasteiger partial charge on any atom is 0.280 e. The zero-order chi connectivity index (χ0) is 11.4. The third-order valence-corrected chi connectivity index (χ3v) is 3.80. The lowest BCUT2D eigenvalue weighted by molar-refractivity contribution is 0.619. The minimum atomic E-state index is -0.182. The summed E-state index contributed by atoms with van der Waals surface area (Å²) in [6, 6.07) is 0.474. The van der Waals surface area contributed by atoms with Gasteiger partial charge in [0.15, 0.2) is 0 Å². The Kier molecular flexibility index (Phi) is 3.98. The number of rotatable bonds is 2. The van der Waals surface area contributed by atoms with Gasteiger partial charge in [0.2, 0.25) is 0 Å². The number of aromatic nitrogens is 2. The SMILES string of the molecule is O=c1[nH]ncc(NC2CCCCCC2)c1Br. The summed E-state index contributed by atoms with van der Waals surface area (Å²) in [5.74, 6) is 0. The van der Waals surface area contributed by atoms with E-state index in [-0.39, 0.29) is 5.56 Å². The zero-order valence-corrected chi connectivity index (χ0v) is 10.7. The molecule has 0 bridgehead atoms. The van der Waals surface area contributed by atoms with Crippen LogP contribution in [0.2, 0.25) is 0 Å². The molecule has 4 nitrogen and oxygen atoms in total. The van der Waals surface area contributed by atoms with Crippen LogP contribution >= 0.6 is 15.9 Å². The highest BCUT2D eigenvalue weighted by atomic mass is 79.9. The van der Waals surface area contributed by atoms with Crippen molar-refractivity contribution in [1.29, 1.82) is 0 Å². The lowest BCUT2D eigenvalue weighted by Crippen LogP contribution is -2.21. The van der Waals surface area contributed by atoms with Crippen LogP contribution in [0, 0.1) is 0 Å².